The SMILES string of the molecule is COc1csc2cc3c(cnn3C3CCCCO3)c(B(O)O)c12. The minimum atomic E-state index is -1.59. The Morgan fingerprint density at radius 1 is 1.43 bits per heavy atom. The van der Waals surface area contributed by atoms with Crippen molar-refractivity contribution in [3.05, 3.63) is 17.6 Å². The number of methoxy groups -OCH3 is 1. The second-order valence-corrected chi connectivity index (χ2v) is 6.60. The fourth-order valence-electron chi connectivity index (χ4n) is 3.27. The molecule has 2 aromatic heterocycles. The summed E-state index contributed by atoms with van der Waals surface area (Å²) in [5, 5.41) is 27.6. The van der Waals surface area contributed by atoms with Crippen molar-refractivity contribution in [2.24, 2.45) is 0 Å². The van der Waals surface area contributed by atoms with E-state index in [0.717, 1.165) is 46.9 Å². The van der Waals surface area contributed by atoms with Crippen molar-refractivity contribution in [1.82, 2.24) is 9.78 Å². The zero-order valence-electron chi connectivity index (χ0n) is 12.7. The molecule has 1 unspecified atom stereocenters. The molecule has 1 aliphatic rings. The summed E-state index contributed by atoms with van der Waals surface area (Å²) in [7, 11) is -0.00645. The van der Waals surface area contributed by atoms with Crippen LogP contribution in [-0.4, -0.2) is 40.7 Å². The van der Waals surface area contributed by atoms with Crippen LogP contribution < -0.4 is 10.2 Å². The standard InChI is InChI=1S/C15H17BN2O4S/c1-21-11-8-23-12-6-10-9(15(14(11)12)16(19)20)7-17-18(10)13-4-2-3-5-22-13/h6-8,13,19-20H,2-5H2,1H3. The zero-order chi connectivity index (χ0) is 16.0. The Balaban J connectivity index is 1.98. The molecule has 4 rings (SSSR count). The Morgan fingerprint density at radius 3 is 3.00 bits per heavy atom. The third-order valence-corrected chi connectivity index (χ3v) is 5.26. The van der Waals surface area contributed by atoms with E-state index in [1.54, 1.807) is 13.3 Å². The quantitative estimate of drug-likeness (QED) is 0.713. The first-order valence-electron chi connectivity index (χ1n) is 7.63. The fraction of sp³-hybridized carbons (Fsp3) is 0.400. The number of benzene rings is 1. The Hall–Kier alpha value is -1.61. The van der Waals surface area contributed by atoms with Crippen LogP contribution in [0.25, 0.3) is 21.0 Å². The molecule has 120 valence electrons. The molecule has 3 heterocycles. The predicted octanol–water partition coefficient (Wildman–Crippen LogP) is 1.64. The van der Waals surface area contributed by atoms with Gasteiger partial charge in [-0.05, 0) is 25.3 Å². The van der Waals surface area contributed by atoms with Crippen LogP contribution >= 0.6 is 11.3 Å². The van der Waals surface area contributed by atoms with E-state index in [-0.39, 0.29) is 6.23 Å². The topological polar surface area (TPSA) is 76.7 Å². The van der Waals surface area contributed by atoms with Crippen molar-refractivity contribution in [3.63, 3.8) is 0 Å². The first kappa shape index (κ1) is 15.0. The van der Waals surface area contributed by atoms with Crippen molar-refractivity contribution in [3.8, 4) is 5.75 Å². The normalized spacial score (nSPS) is 18.7. The van der Waals surface area contributed by atoms with Crippen molar-refractivity contribution in [2.75, 3.05) is 13.7 Å². The average Bonchev–Trinajstić information content (AvgIpc) is 3.16. The Kier molecular flexibility index (Phi) is 3.77. The Labute approximate surface area is 137 Å². The predicted molar refractivity (Wildman–Crippen MR) is 90.3 cm³/mol. The van der Waals surface area contributed by atoms with E-state index in [1.165, 1.54) is 11.3 Å². The van der Waals surface area contributed by atoms with Crippen molar-refractivity contribution < 1.29 is 19.5 Å². The van der Waals surface area contributed by atoms with Crippen molar-refractivity contribution in [1.29, 1.82) is 0 Å². The summed E-state index contributed by atoms with van der Waals surface area (Å²) < 4.78 is 14.0. The molecule has 1 atom stereocenters. The van der Waals surface area contributed by atoms with Gasteiger partial charge in [0, 0.05) is 32.9 Å². The fourth-order valence-corrected chi connectivity index (χ4v) is 4.23. The molecule has 0 spiro atoms. The second-order valence-electron chi connectivity index (χ2n) is 5.68. The molecule has 2 N–H and O–H groups in total. The lowest BCUT2D eigenvalue weighted by Gasteiger charge is -2.23. The molecule has 8 heteroatoms. The largest absolute Gasteiger partial charge is 0.495 e. The molecule has 0 radical (unpaired) electrons. The number of thiophene rings is 1. The van der Waals surface area contributed by atoms with E-state index in [4.69, 9.17) is 9.47 Å². The van der Waals surface area contributed by atoms with Crippen LogP contribution in [0.4, 0.5) is 0 Å². The van der Waals surface area contributed by atoms with Gasteiger partial charge in [-0.2, -0.15) is 5.10 Å². The molecule has 0 saturated carbocycles. The number of hydrogen-bond donors (Lipinski definition) is 2. The smallest absolute Gasteiger partial charge is 0.489 e. The zero-order valence-corrected chi connectivity index (χ0v) is 13.5. The Bertz CT molecular complexity index is 854. The number of rotatable bonds is 3. The van der Waals surface area contributed by atoms with Gasteiger partial charge in [0.05, 0.1) is 18.8 Å². The summed E-state index contributed by atoms with van der Waals surface area (Å²) in [4.78, 5) is 0. The van der Waals surface area contributed by atoms with Gasteiger partial charge in [0.25, 0.3) is 0 Å². The summed E-state index contributed by atoms with van der Waals surface area (Å²) >= 11 is 1.51. The lowest BCUT2D eigenvalue weighted by molar-refractivity contribution is -0.0366. The molecule has 0 amide bonds. The molecule has 6 nitrogen and oxygen atoms in total. The Morgan fingerprint density at radius 2 is 2.30 bits per heavy atom. The minimum absolute atomic E-state index is 0.0933. The van der Waals surface area contributed by atoms with E-state index in [1.807, 2.05) is 16.1 Å². The first-order valence-corrected chi connectivity index (χ1v) is 8.51. The highest BCUT2D eigenvalue weighted by molar-refractivity contribution is 7.18. The molecular formula is C15H17BN2O4S. The highest BCUT2D eigenvalue weighted by Gasteiger charge is 2.26. The van der Waals surface area contributed by atoms with Gasteiger partial charge in [0.1, 0.15) is 5.75 Å². The number of ether oxygens (including phenoxy) is 2. The highest BCUT2D eigenvalue weighted by atomic mass is 32.1. The number of fused-ring (bicyclic) bond motifs is 2. The lowest BCUT2D eigenvalue weighted by atomic mass is 9.76. The molecule has 3 aromatic rings. The number of aromatic nitrogens is 2. The van der Waals surface area contributed by atoms with Crippen LogP contribution in [0, 0.1) is 0 Å². The van der Waals surface area contributed by atoms with Crippen molar-refractivity contribution in [2.45, 2.75) is 25.5 Å². The molecule has 1 aliphatic heterocycles. The van der Waals surface area contributed by atoms with Gasteiger partial charge in [0.2, 0.25) is 0 Å². The maximum Gasteiger partial charge on any atom is 0.489 e. The van der Waals surface area contributed by atoms with Gasteiger partial charge < -0.3 is 19.5 Å². The van der Waals surface area contributed by atoms with Gasteiger partial charge in [0.15, 0.2) is 6.23 Å². The van der Waals surface area contributed by atoms with E-state index in [0.29, 0.717) is 11.2 Å². The van der Waals surface area contributed by atoms with Gasteiger partial charge in [-0.15, -0.1) is 11.3 Å². The molecule has 1 aromatic carbocycles. The van der Waals surface area contributed by atoms with Crippen LogP contribution in [-0.2, 0) is 4.74 Å². The van der Waals surface area contributed by atoms with E-state index < -0.39 is 7.12 Å². The molecule has 23 heavy (non-hydrogen) atoms. The third kappa shape index (κ3) is 2.33. The van der Waals surface area contributed by atoms with Gasteiger partial charge >= 0.3 is 7.12 Å². The summed E-state index contributed by atoms with van der Waals surface area (Å²) in [6, 6.07) is 2.02. The molecule has 0 bridgehead atoms. The summed E-state index contributed by atoms with van der Waals surface area (Å²) in [5.41, 5.74) is 1.30. The van der Waals surface area contributed by atoms with Crippen molar-refractivity contribution >= 4 is 44.9 Å². The number of hydrogen-bond acceptors (Lipinski definition) is 6. The molecule has 1 saturated heterocycles. The molecule has 1 fully saturated rings. The summed E-state index contributed by atoms with van der Waals surface area (Å²) in [6.07, 6.45) is 4.68. The van der Waals surface area contributed by atoms with Crippen LogP contribution in [0.5, 0.6) is 5.75 Å². The lowest BCUT2D eigenvalue weighted by Crippen LogP contribution is -2.31. The van der Waals surface area contributed by atoms with Crippen LogP contribution in [0.2, 0.25) is 0 Å². The van der Waals surface area contributed by atoms with E-state index >= 15 is 0 Å². The molecular weight excluding hydrogens is 315 g/mol. The van der Waals surface area contributed by atoms with E-state index in [9.17, 15) is 10.0 Å². The second kappa shape index (κ2) is 5.79. The van der Waals surface area contributed by atoms with Gasteiger partial charge in [-0.25, -0.2) is 4.68 Å². The van der Waals surface area contributed by atoms with Gasteiger partial charge in [-0.3, -0.25) is 0 Å². The maximum absolute atomic E-state index is 9.91. The summed E-state index contributed by atoms with van der Waals surface area (Å²) in [6.45, 7) is 0.733. The third-order valence-electron chi connectivity index (χ3n) is 4.35. The van der Waals surface area contributed by atoms with Crippen LogP contribution in [0.15, 0.2) is 17.6 Å². The summed E-state index contributed by atoms with van der Waals surface area (Å²) in [5.74, 6) is 0.650. The van der Waals surface area contributed by atoms with Gasteiger partial charge in [-0.1, -0.05) is 0 Å². The average molecular weight is 332 g/mol. The first-order chi connectivity index (χ1) is 11.2. The van der Waals surface area contributed by atoms with E-state index in [2.05, 4.69) is 5.10 Å². The van der Waals surface area contributed by atoms with Crippen LogP contribution in [0.1, 0.15) is 25.5 Å². The van der Waals surface area contributed by atoms with Crippen LogP contribution in [0.3, 0.4) is 0 Å². The highest BCUT2D eigenvalue weighted by Crippen LogP contribution is 2.35. The molecule has 0 aliphatic carbocycles. The maximum atomic E-state index is 9.91. The minimum Gasteiger partial charge on any atom is -0.495 e. The number of nitrogens with zero attached hydrogens (tertiary/aromatic N) is 2. The monoisotopic (exact) mass is 332 g/mol.